The molecule has 2 N–H and O–H groups in total. The van der Waals surface area contributed by atoms with Gasteiger partial charge < -0.3 is 10.4 Å². The molecule has 0 spiro atoms. The summed E-state index contributed by atoms with van der Waals surface area (Å²) in [6.45, 7) is 10.8. The Labute approximate surface area is 208 Å². The van der Waals surface area contributed by atoms with Crippen LogP contribution >= 0.6 is 0 Å². The van der Waals surface area contributed by atoms with Crippen molar-refractivity contribution in [2.24, 2.45) is 5.41 Å². The van der Waals surface area contributed by atoms with Crippen molar-refractivity contribution in [1.29, 1.82) is 0 Å². The number of carbonyl (C=O) groups excluding carboxylic acids is 1. The molecule has 1 aromatic carbocycles. The highest BCUT2D eigenvalue weighted by Crippen LogP contribution is 2.44. The van der Waals surface area contributed by atoms with Crippen molar-refractivity contribution in [3.63, 3.8) is 0 Å². The third-order valence-corrected chi connectivity index (χ3v) is 7.85. The first kappa shape index (κ1) is 25.2. The van der Waals surface area contributed by atoms with Crippen LogP contribution in [0, 0.1) is 19.3 Å². The second kappa shape index (κ2) is 9.63. The molecule has 0 aliphatic heterocycles. The monoisotopic (exact) mass is 477 g/mol. The quantitative estimate of drug-likeness (QED) is 0.498. The van der Waals surface area contributed by atoms with Crippen LogP contribution in [-0.2, 0) is 15.0 Å². The van der Waals surface area contributed by atoms with Crippen LogP contribution in [0.4, 0.5) is 0 Å². The van der Waals surface area contributed by atoms with Crippen molar-refractivity contribution in [2.75, 3.05) is 0 Å². The zero-order chi connectivity index (χ0) is 25.4. The second-order valence-electron chi connectivity index (χ2n) is 11.6. The molecule has 1 saturated carbocycles. The third kappa shape index (κ3) is 5.52. The van der Waals surface area contributed by atoms with Gasteiger partial charge >= 0.3 is 5.97 Å². The molecule has 0 bridgehead atoms. The van der Waals surface area contributed by atoms with E-state index in [1.54, 1.807) is 0 Å². The van der Waals surface area contributed by atoms with Gasteiger partial charge in [-0.15, -0.1) is 0 Å². The van der Waals surface area contributed by atoms with Crippen molar-refractivity contribution in [3.8, 4) is 5.69 Å². The van der Waals surface area contributed by atoms with E-state index in [2.05, 4.69) is 76.4 Å². The lowest BCUT2D eigenvalue weighted by Gasteiger charge is -2.27. The van der Waals surface area contributed by atoms with Crippen molar-refractivity contribution >= 4 is 11.9 Å². The van der Waals surface area contributed by atoms with Gasteiger partial charge in [-0.1, -0.05) is 57.9 Å². The summed E-state index contributed by atoms with van der Waals surface area (Å²) in [5.41, 5.74) is 5.43. The summed E-state index contributed by atoms with van der Waals surface area (Å²) in [6, 6.07) is 8.58. The van der Waals surface area contributed by atoms with Crippen molar-refractivity contribution in [2.45, 2.75) is 96.9 Å². The zero-order valence-corrected chi connectivity index (χ0v) is 21.7. The fourth-order valence-electron chi connectivity index (χ4n) is 6.03. The maximum atomic E-state index is 12.9. The molecule has 6 heteroatoms. The summed E-state index contributed by atoms with van der Waals surface area (Å²) in [6.07, 6.45) is 9.10. The minimum atomic E-state index is -0.809. The van der Waals surface area contributed by atoms with Gasteiger partial charge in [0.15, 0.2) is 0 Å². The molecule has 2 atom stereocenters. The number of benzene rings is 1. The first-order chi connectivity index (χ1) is 16.5. The van der Waals surface area contributed by atoms with Crippen LogP contribution in [0.5, 0.6) is 0 Å². The molecule has 2 aliphatic carbocycles. The van der Waals surface area contributed by atoms with Crippen molar-refractivity contribution < 1.29 is 14.7 Å². The molecule has 1 heterocycles. The smallest absolute Gasteiger partial charge is 0.303 e. The van der Waals surface area contributed by atoms with Gasteiger partial charge in [0.1, 0.15) is 0 Å². The number of aliphatic carboxylic acids is 1. The minimum Gasteiger partial charge on any atom is -0.481 e. The number of nitrogens with one attached hydrogen (secondary N) is 1. The van der Waals surface area contributed by atoms with E-state index in [-0.39, 0.29) is 35.1 Å². The lowest BCUT2D eigenvalue weighted by Crippen LogP contribution is -2.37. The van der Waals surface area contributed by atoms with Crippen LogP contribution in [0.25, 0.3) is 5.69 Å². The second-order valence-corrected chi connectivity index (χ2v) is 11.6. The minimum absolute atomic E-state index is 0.0356. The Kier molecular flexibility index (Phi) is 6.94. The number of allylic oxidation sites excluding steroid dienone is 1. The molecule has 1 amide bonds. The van der Waals surface area contributed by atoms with Crippen LogP contribution in [0.3, 0.4) is 0 Å². The molecule has 1 aromatic heterocycles. The summed E-state index contributed by atoms with van der Waals surface area (Å²) in [7, 11) is 0. The fourth-order valence-corrected chi connectivity index (χ4v) is 6.03. The number of amides is 1. The van der Waals surface area contributed by atoms with E-state index in [0.29, 0.717) is 6.42 Å². The van der Waals surface area contributed by atoms with E-state index in [9.17, 15) is 14.7 Å². The van der Waals surface area contributed by atoms with Gasteiger partial charge in [-0.2, -0.15) is 5.10 Å². The average molecular weight is 478 g/mol. The molecule has 2 unspecified atom stereocenters. The number of nitrogens with zero attached hydrogens (tertiary/aromatic N) is 2. The molecule has 4 rings (SSSR count). The van der Waals surface area contributed by atoms with Crippen molar-refractivity contribution in [3.05, 3.63) is 58.9 Å². The highest BCUT2D eigenvalue weighted by atomic mass is 16.4. The summed E-state index contributed by atoms with van der Waals surface area (Å²) in [4.78, 5) is 24.2. The maximum Gasteiger partial charge on any atom is 0.303 e. The Morgan fingerprint density at radius 2 is 1.74 bits per heavy atom. The Morgan fingerprint density at radius 3 is 2.34 bits per heavy atom. The molecule has 6 nitrogen and oxygen atoms in total. The van der Waals surface area contributed by atoms with Crippen LogP contribution in [0.1, 0.15) is 94.1 Å². The van der Waals surface area contributed by atoms with E-state index in [0.717, 1.165) is 49.2 Å². The van der Waals surface area contributed by atoms with Gasteiger partial charge in [-0.3, -0.25) is 9.59 Å². The predicted molar refractivity (Wildman–Crippen MR) is 138 cm³/mol. The van der Waals surface area contributed by atoms with Gasteiger partial charge in [0.25, 0.3) is 0 Å². The van der Waals surface area contributed by atoms with E-state index < -0.39 is 5.97 Å². The number of aryl methyl sites for hydroxylation is 1. The van der Waals surface area contributed by atoms with E-state index in [4.69, 9.17) is 5.10 Å². The summed E-state index contributed by atoms with van der Waals surface area (Å²) in [5.74, 6) is -0.648. The number of carboxylic acids is 1. The largest absolute Gasteiger partial charge is 0.481 e. The highest BCUT2D eigenvalue weighted by molar-refractivity contribution is 5.78. The normalized spacial score (nSPS) is 21.4. The number of hydrogen-bond acceptors (Lipinski definition) is 3. The standard InChI is InChI=1S/C29H39N3O3/c1-19-27(20(2)32(31-19)24-12-9-22(10-13-24)28(3,4)5)21-8-11-23(16-21)30-25(33)17-29(18-26(34)35)14-6-7-15-29/h8-13,21,23H,6-7,14-18H2,1-5H3,(H,30,33)(H,34,35). The predicted octanol–water partition coefficient (Wildman–Crippen LogP) is 5.74. The topological polar surface area (TPSA) is 84.2 Å². The molecular formula is C29H39N3O3. The molecule has 0 saturated heterocycles. The van der Waals surface area contributed by atoms with Crippen LogP contribution in [0.15, 0.2) is 36.4 Å². The molecule has 2 aliphatic rings. The van der Waals surface area contributed by atoms with Gasteiger partial charge in [0.05, 0.1) is 17.8 Å². The first-order valence-electron chi connectivity index (χ1n) is 12.8. The van der Waals surface area contributed by atoms with E-state index in [1.807, 2.05) is 4.68 Å². The van der Waals surface area contributed by atoms with Crippen LogP contribution in [0.2, 0.25) is 0 Å². The number of aromatic nitrogens is 2. The first-order valence-corrected chi connectivity index (χ1v) is 12.8. The van der Waals surface area contributed by atoms with E-state index >= 15 is 0 Å². The number of carbonyl (C=O) groups is 2. The van der Waals surface area contributed by atoms with Crippen molar-refractivity contribution in [1.82, 2.24) is 15.1 Å². The van der Waals surface area contributed by atoms with Gasteiger partial charge in [-0.05, 0) is 61.6 Å². The lowest BCUT2D eigenvalue weighted by atomic mass is 9.79. The number of carboxylic acid groups (broad SMARTS) is 1. The van der Waals surface area contributed by atoms with Gasteiger partial charge in [0, 0.05) is 29.6 Å². The summed E-state index contributed by atoms with van der Waals surface area (Å²) < 4.78 is 2.02. The molecule has 35 heavy (non-hydrogen) atoms. The van der Waals surface area contributed by atoms with Gasteiger partial charge in [-0.25, -0.2) is 4.68 Å². The molecule has 1 fully saturated rings. The van der Waals surface area contributed by atoms with Gasteiger partial charge in [0.2, 0.25) is 5.91 Å². The average Bonchev–Trinajstić information content (AvgIpc) is 3.47. The molecule has 188 valence electrons. The zero-order valence-electron chi connectivity index (χ0n) is 21.7. The Morgan fingerprint density at radius 1 is 1.09 bits per heavy atom. The molecule has 2 aromatic rings. The lowest BCUT2D eigenvalue weighted by molar-refractivity contribution is -0.140. The third-order valence-electron chi connectivity index (χ3n) is 7.85. The molecular weight excluding hydrogens is 438 g/mol. The Hall–Kier alpha value is -2.89. The van der Waals surface area contributed by atoms with Crippen LogP contribution < -0.4 is 5.32 Å². The van der Waals surface area contributed by atoms with Crippen LogP contribution in [-0.4, -0.2) is 32.8 Å². The Bertz CT molecular complexity index is 1120. The summed E-state index contributed by atoms with van der Waals surface area (Å²) in [5, 5.41) is 17.3. The number of rotatable bonds is 7. The maximum absolute atomic E-state index is 12.9. The number of hydrogen-bond donors (Lipinski definition) is 2. The SMILES string of the molecule is Cc1nn(-c2ccc(C(C)(C)C)cc2)c(C)c1C1C=CC(NC(=O)CC2(CC(=O)O)CCCC2)C1. The summed E-state index contributed by atoms with van der Waals surface area (Å²) >= 11 is 0. The van der Waals surface area contributed by atoms with E-state index in [1.165, 1.54) is 11.1 Å². The highest BCUT2D eigenvalue weighted by Gasteiger charge is 2.38. The fraction of sp³-hybridized carbons (Fsp3) is 0.552. The molecule has 0 radical (unpaired) electrons. The Balaban J connectivity index is 1.43.